The van der Waals surface area contributed by atoms with Crippen molar-refractivity contribution in [1.82, 2.24) is 9.55 Å². The van der Waals surface area contributed by atoms with E-state index < -0.39 is 11.9 Å². The average Bonchev–Trinajstić information content (AvgIpc) is 2.70. The van der Waals surface area contributed by atoms with Crippen molar-refractivity contribution in [2.24, 2.45) is 0 Å². The highest BCUT2D eigenvalue weighted by molar-refractivity contribution is 6.01. The summed E-state index contributed by atoms with van der Waals surface area (Å²) in [6, 6.07) is 15.6. The molecule has 2 aromatic carbocycles. The van der Waals surface area contributed by atoms with Crippen LogP contribution >= 0.6 is 0 Å². The van der Waals surface area contributed by atoms with Crippen LogP contribution < -0.4 is 10.9 Å². The first-order valence-electron chi connectivity index (χ1n) is 9.17. The summed E-state index contributed by atoms with van der Waals surface area (Å²) < 4.78 is 6.20. The van der Waals surface area contributed by atoms with Gasteiger partial charge in [-0.15, -0.1) is 0 Å². The number of hydrogen-bond acceptors (Lipinski definition) is 5. The Hall–Kier alpha value is -3.74. The van der Waals surface area contributed by atoms with E-state index in [-0.39, 0.29) is 24.3 Å². The molecule has 0 aliphatic rings. The molecule has 0 saturated heterocycles. The lowest BCUT2D eigenvalue weighted by Crippen LogP contribution is -2.28. The Kier molecular flexibility index (Phi) is 6.19. The van der Waals surface area contributed by atoms with E-state index in [1.165, 1.54) is 17.0 Å². The molecular formula is C22H21N3O4. The lowest BCUT2D eigenvalue weighted by atomic mass is 10.1. The Morgan fingerprint density at radius 1 is 1.10 bits per heavy atom. The number of esters is 1. The second-order valence-electron chi connectivity index (χ2n) is 6.42. The molecule has 0 aliphatic carbocycles. The number of amides is 1. The predicted molar refractivity (Wildman–Crippen MR) is 110 cm³/mol. The van der Waals surface area contributed by atoms with Gasteiger partial charge in [0.25, 0.3) is 5.56 Å². The second-order valence-corrected chi connectivity index (χ2v) is 6.42. The number of carbonyl (C=O) groups is 2. The van der Waals surface area contributed by atoms with Crippen LogP contribution in [0, 0.1) is 6.92 Å². The van der Waals surface area contributed by atoms with Crippen molar-refractivity contribution in [2.75, 3.05) is 11.9 Å². The largest absolute Gasteiger partial charge is 0.462 e. The van der Waals surface area contributed by atoms with Gasteiger partial charge >= 0.3 is 5.97 Å². The van der Waals surface area contributed by atoms with Gasteiger partial charge in [-0.2, -0.15) is 0 Å². The van der Waals surface area contributed by atoms with Crippen molar-refractivity contribution in [1.29, 1.82) is 0 Å². The Morgan fingerprint density at radius 3 is 2.52 bits per heavy atom. The normalized spacial score (nSPS) is 10.4. The van der Waals surface area contributed by atoms with Crippen LogP contribution in [0.25, 0.3) is 11.3 Å². The number of carbonyl (C=O) groups excluding carboxylic acids is 2. The van der Waals surface area contributed by atoms with Crippen molar-refractivity contribution in [3.63, 3.8) is 0 Å². The number of para-hydroxylation sites is 1. The molecule has 1 aromatic heterocycles. The average molecular weight is 391 g/mol. The molecule has 0 atom stereocenters. The van der Waals surface area contributed by atoms with Gasteiger partial charge < -0.3 is 10.1 Å². The van der Waals surface area contributed by atoms with E-state index in [1.807, 2.05) is 31.2 Å². The molecule has 7 nitrogen and oxygen atoms in total. The standard InChI is InChI=1S/C22H21N3O4/c1-3-29-22(28)17-6-4-5-7-18(17)24-20(26)13-25-14-23-19(12-21(25)27)16-10-8-15(2)9-11-16/h4-12,14H,3,13H2,1-2H3,(H,24,26). The van der Waals surface area contributed by atoms with E-state index >= 15 is 0 Å². The zero-order chi connectivity index (χ0) is 20.8. The number of benzene rings is 2. The summed E-state index contributed by atoms with van der Waals surface area (Å²) in [6.07, 6.45) is 1.34. The Morgan fingerprint density at radius 2 is 1.83 bits per heavy atom. The first-order chi connectivity index (χ1) is 14.0. The minimum atomic E-state index is -0.523. The molecule has 0 spiro atoms. The van der Waals surface area contributed by atoms with E-state index in [0.717, 1.165) is 11.1 Å². The fourth-order valence-electron chi connectivity index (χ4n) is 2.75. The molecule has 0 aliphatic heterocycles. The van der Waals surface area contributed by atoms with Crippen LogP contribution in [-0.2, 0) is 16.1 Å². The third kappa shape index (κ3) is 4.95. The van der Waals surface area contributed by atoms with Gasteiger partial charge in [-0.25, -0.2) is 9.78 Å². The SMILES string of the molecule is CCOC(=O)c1ccccc1NC(=O)Cn1cnc(-c2ccc(C)cc2)cc1=O. The second kappa shape index (κ2) is 8.97. The Balaban J connectivity index is 1.74. The maximum atomic E-state index is 12.4. The highest BCUT2D eigenvalue weighted by Crippen LogP contribution is 2.17. The summed E-state index contributed by atoms with van der Waals surface area (Å²) in [5.41, 5.74) is 2.72. The molecule has 3 aromatic rings. The van der Waals surface area contributed by atoms with Crippen LogP contribution in [0.4, 0.5) is 5.69 Å². The lowest BCUT2D eigenvalue weighted by Gasteiger charge is -2.11. The zero-order valence-electron chi connectivity index (χ0n) is 16.2. The number of aromatic nitrogens is 2. The number of anilines is 1. The summed E-state index contributed by atoms with van der Waals surface area (Å²) in [5.74, 6) is -0.974. The first-order valence-corrected chi connectivity index (χ1v) is 9.17. The number of hydrogen-bond donors (Lipinski definition) is 1. The highest BCUT2D eigenvalue weighted by atomic mass is 16.5. The monoisotopic (exact) mass is 391 g/mol. The highest BCUT2D eigenvalue weighted by Gasteiger charge is 2.14. The van der Waals surface area contributed by atoms with Crippen molar-refractivity contribution in [3.8, 4) is 11.3 Å². The van der Waals surface area contributed by atoms with Gasteiger partial charge in [-0.3, -0.25) is 14.2 Å². The molecule has 3 rings (SSSR count). The third-order valence-electron chi connectivity index (χ3n) is 4.24. The fraction of sp³-hybridized carbons (Fsp3) is 0.182. The van der Waals surface area contributed by atoms with Gasteiger partial charge in [0.1, 0.15) is 6.54 Å². The van der Waals surface area contributed by atoms with Crippen LogP contribution in [0.5, 0.6) is 0 Å². The summed E-state index contributed by atoms with van der Waals surface area (Å²) in [6.45, 7) is 3.69. The van der Waals surface area contributed by atoms with Gasteiger partial charge in [0.2, 0.25) is 5.91 Å². The quantitative estimate of drug-likeness (QED) is 0.652. The van der Waals surface area contributed by atoms with Crippen LogP contribution in [0.15, 0.2) is 65.7 Å². The van der Waals surface area contributed by atoms with Crippen molar-refractivity contribution >= 4 is 17.6 Å². The number of rotatable bonds is 6. The molecule has 0 radical (unpaired) electrons. The number of ether oxygens (including phenoxy) is 1. The van der Waals surface area contributed by atoms with Crippen molar-refractivity contribution < 1.29 is 14.3 Å². The van der Waals surface area contributed by atoms with Crippen LogP contribution in [0.1, 0.15) is 22.8 Å². The minimum Gasteiger partial charge on any atom is -0.462 e. The smallest absolute Gasteiger partial charge is 0.340 e. The van der Waals surface area contributed by atoms with Crippen molar-refractivity contribution in [2.45, 2.75) is 20.4 Å². The number of aryl methyl sites for hydroxylation is 1. The number of nitrogens with zero attached hydrogens (tertiary/aromatic N) is 2. The summed E-state index contributed by atoms with van der Waals surface area (Å²) in [7, 11) is 0. The van der Waals surface area contributed by atoms with E-state index in [0.29, 0.717) is 11.4 Å². The van der Waals surface area contributed by atoms with Gasteiger partial charge in [-0.1, -0.05) is 42.0 Å². The molecule has 1 amide bonds. The summed E-state index contributed by atoms with van der Waals surface area (Å²) in [4.78, 5) is 41.1. The maximum Gasteiger partial charge on any atom is 0.340 e. The molecule has 1 N–H and O–H groups in total. The molecule has 0 fully saturated rings. The summed E-state index contributed by atoms with van der Waals surface area (Å²) >= 11 is 0. The van der Waals surface area contributed by atoms with Gasteiger partial charge in [-0.05, 0) is 26.0 Å². The van der Waals surface area contributed by atoms with E-state index in [4.69, 9.17) is 4.74 Å². The molecule has 1 heterocycles. The van der Waals surface area contributed by atoms with Crippen LogP contribution in [-0.4, -0.2) is 28.0 Å². The third-order valence-corrected chi connectivity index (χ3v) is 4.24. The number of nitrogens with one attached hydrogen (secondary N) is 1. The molecule has 0 unspecified atom stereocenters. The van der Waals surface area contributed by atoms with Crippen LogP contribution in [0.3, 0.4) is 0 Å². The summed E-state index contributed by atoms with van der Waals surface area (Å²) in [5, 5.41) is 2.65. The Labute approximate surface area is 168 Å². The molecule has 7 heteroatoms. The molecular weight excluding hydrogens is 370 g/mol. The Bertz CT molecular complexity index is 1090. The van der Waals surface area contributed by atoms with Crippen LogP contribution in [0.2, 0.25) is 0 Å². The lowest BCUT2D eigenvalue weighted by molar-refractivity contribution is -0.116. The molecule has 0 saturated carbocycles. The predicted octanol–water partition coefficient (Wildman–Crippen LogP) is 3.03. The first kappa shape index (κ1) is 20.0. The fourth-order valence-corrected chi connectivity index (χ4v) is 2.75. The van der Waals surface area contributed by atoms with Crippen molar-refractivity contribution in [3.05, 3.63) is 82.4 Å². The molecule has 148 valence electrons. The molecule has 0 bridgehead atoms. The van der Waals surface area contributed by atoms with Gasteiger partial charge in [0.15, 0.2) is 0 Å². The van der Waals surface area contributed by atoms with Gasteiger partial charge in [0, 0.05) is 11.6 Å². The van der Waals surface area contributed by atoms with E-state index in [2.05, 4.69) is 10.3 Å². The maximum absolute atomic E-state index is 12.4. The van der Waals surface area contributed by atoms with Gasteiger partial charge in [0.05, 0.1) is 29.9 Å². The minimum absolute atomic E-state index is 0.225. The zero-order valence-corrected chi connectivity index (χ0v) is 16.2. The topological polar surface area (TPSA) is 90.3 Å². The van der Waals surface area contributed by atoms with E-state index in [9.17, 15) is 14.4 Å². The van der Waals surface area contributed by atoms with E-state index in [1.54, 1.807) is 31.2 Å². The molecule has 29 heavy (non-hydrogen) atoms.